The number of rotatable bonds is 1. The van der Waals surface area contributed by atoms with Gasteiger partial charge in [-0.25, -0.2) is 16.8 Å². The zero-order valence-electron chi connectivity index (χ0n) is 11.1. The van der Waals surface area contributed by atoms with Crippen LogP contribution in [0.3, 0.4) is 0 Å². The maximum Gasteiger partial charge on any atom is 0.194 e. The highest BCUT2D eigenvalue weighted by Gasteiger charge is 2.39. The van der Waals surface area contributed by atoms with Crippen LogP contribution in [-0.2, 0) is 19.7 Å². The maximum atomic E-state index is 12.1. The summed E-state index contributed by atoms with van der Waals surface area (Å²) in [4.78, 5) is 2.20. The molecule has 4 nitrogen and oxygen atoms in total. The Morgan fingerprint density at radius 2 is 1.41 bits per heavy atom. The van der Waals surface area contributed by atoms with Gasteiger partial charge in [-0.2, -0.15) is 0 Å². The number of thioether (sulfide) groups is 2. The summed E-state index contributed by atoms with van der Waals surface area (Å²) in [5, 5.41) is -0.816. The van der Waals surface area contributed by atoms with Crippen molar-refractivity contribution in [2.24, 2.45) is 0 Å². The van der Waals surface area contributed by atoms with Gasteiger partial charge >= 0.3 is 0 Å². The molecule has 114 valence electrons. The van der Waals surface area contributed by atoms with Crippen molar-refractivity contribution in [3.63, 3.8) is 0 Å². The van der Waals surface area contributed by atoms with Gasteiger partial charge in [-0.15, -0.1) is 23.5 Å². The van der Waals surface area contributed by atoms with Gasteiger partial charge in [0.25, 0.3) is 0 Å². The van der Waals surface area contributed by atoms with Gasteiger partial charge in [-0.3, -0.25) is 0 Å². The molecule has 2 aromatic carbocycles. The van der Waals surface area contributed by atoms with Gasteiger partial charge in [0, 0.05) is 9.79 Å². The molecule has 0 atom stereocenters. The molecule has 4 rings (SSSR count). The van der Waals surface area contributed by atoms with E-state index in [0.29, 0.717) is 0 Å². The van der Waals surface area contributed by atoms with Crippen molar-refractivity contribution < 1.29 is 16.8 Å². The molecule has 0 radical (unpaired) electrons. The molecule has 0 unspecified atom stereocenters. The molecule has 2 aliphatic rings. The Morgan fingerprint density at radius 3 is 2.05 bits per heavy atom. The lowest BCUT2D eigenvalue weighted by molar-refractivity contribution is 0.598. The second kappa shape index (κ2) is 4.77. The van der Waals surface area contributed by atoms with E-state index in [1.807, 2.05) is 24.3 Å². The molecule has 22 heavy (non-hydrogen) atoms. The molecule has 0 saturated heterocycles. The largest absolute Gasteiger partial charge is 0.223 e. The van der Waals surface area contributed by atoms with E-state index in [-0.39, 0.29) is 14.4 Å². The average molecular weight is 370 g/mol. The number of hydrogen-bond acceptors (Lipinski definition) is 6. The van der Waals surface area contributed by atoms with Crippen molar-refractivity contribution >= 4 is 43.2 Å². The summed E-state index contributed by atoms with van der Waals surface area (Å²) in [6.07, 6.45) is 0. The van der Waals surface area contributed by atoms with Crippen molar-refractivity contribution in [2.45, 2.75) is 24.2 Å². The predicted octanol–water partition coefficient (Wildman–Crippen LogP) is 3.10. The fourth-order valence-corrected chi connectivity index (χ4v) is 10.1. The fourth-order valence-electron chi connectivity index (χ4n) is 2.54. The summed E-state index contributed by atoms with van der Waals surface area (Å²) in [6, 6.07) is 12.7. The van der Waals surface area contributed by atoms with Crippen LogP contribution in [0.4, 0.5) is 0 Å². The quantitative estimate of drug-likeness (QED) is 0.768. The van der Waals surface area contributed by atoms with Gasteiger partial charge in [-0.05, 0) is 29.8 Å². The number of benzene rings is 2. The Morgan fingerprint density at radius 1 is 0.818 bits per heavy atom. The Labute approximate surface area is 137 Å². The third-order valence-electron chi connectivity index (χ3n) is 3.54. The lowest BCUT2D eigenvalue weighted by Crippen LogP contribution is -2.04. The van der Waals surface area contributed by atoms with Crippen molar-refractivity contribution in [2.75, 3.05) is 5.08 Å². The topological polar surface area (TPSA) is 68.3 Å². The van der Waals surface area contributed by atoms with E-state index in [1.165, 1.54) is 12.1 Å². The average Bonchev–Trinajstić information content (AvgIpc) is 2.96. The summed E-state index contributed by atoms with van der Waals surface area (Å²) in [5.41, 5.74) is 0.825. The minimum atomic E-state index is -3.74. The number of sulfone groups is 2. The van der Waals surface area contributed by atoms with Gasteiger partial charge in [-0.1, -0.05) is 18.2 Å². The van der Waals surface area contributed by atoms with Crippen LogP contribution in [-0.4, -0.2) is 21.9 Å². The molecule has 2 heterocycles. The summed E-state index contributed by atoms with van der Waals surface area (Å²) < 4.78 is 47.9. The zero-order chi connectivity index (χ0) is 15.5. The molecular weight excluding hydrogens is 360 g/mol. The number of fused-ring (bicyclic) bond motifs is 2. The van der Waals surface area contributed by atoms with Gasteiger partial charge in [0.1, 0.15) is 0 Å². The molecule has 0 saturated carbocycles. The summed E-state index contributed by atoms with van der Waals surface area (Å²) in [7, 11) is -7.45. The molecule has 0 aromatic heterocycles. The first kappa shape index (κ1) is 14.6. The first-order valence-electron chi connectivity index (χ1n) is 6.39. The van der Waals surface area contributed by atoms with Crippen LogP contribution in [0.2, 0.25) is 0 Å². The molecular formula is C14H10O4S4. The molecule has 2 aromatic rings. The highest BCUT2D eigenvalue weighted by Crippen LogP contribution is 2.56. The molecule has 8 heteroatoms. The zero-order valence-corrected chi connectivity index (χ0v) is 14.4. The van der Waals surface area contributed by atoms with Gasteiger partial charge < -0.3 is 0 Å². The normalized spacial score (nSPS) is 21.5. The third kappa shape index (κ3) is 2.20. The Kier molecular flexibility index (Phi) is 3.17. The van der Waals surface area contributed by atoms with E-state index in [2.05, 4.69) is 0 Å². The van der Waals surface area contributed by atoms with Crippen molar-refractivity contribution in [3.8, 4) is 0 Å². The van der Waals surface area contributed by atoms with Crippen molar-refractivity contribution in [1.82, 2.24) is 0 Å². The molecule has 0 bridgehead atoms. The Hall–Kier alpha value is -0.960. The molecule has 0 N–H and O–H groups in total. The third-order valence-corrected chi connectivity index (χ3v) is 11.1. The Bertz CT molecular complexity index is 968. The second-order valence-corrected chi connectivity index (χ2v) is 11.9. The van der Waals surface area contributed by atoms with Crippen LogP contribution >= 0.6 is 23.5 Å². The predicted molar refractivity (Wildman–Crippen MR) is 86.6 cm³/mol. The van der Waals surface area contributed by atoms with Crippen LogP contribution in [0.15, 0.2) is 62.0 Å². The summed E-state index contributed by atoms with van der Waals surface area (Å²) in [5.74, 6) is 0. The highest BCUT2D eigenvalue weighted by atomic mass is 32.3. The van der Waals surface area contributed by atoms with E-state index in [9.17, 15) is 16.8 Å². The molecule has 0 amide bonds. The first-order chi connectivity index (χ1) is 10.4. The lowest BCUT2D eigenvalue weighted by atomic mass is 10.2. The van der Waals surface area contributed by atoms with Crippen LogP contribution in [0.25, 0.3) is 0 Å². The fraction of sp³-hybridized carbons (Fsp3) is 0.143. The van der Waals surface area contributed by atoms with Crippen molar-refractivity contribution in [1.29, 1.82) is 0 Å². The van der Waals surface area contributed by atoms with Crippen LogP contribution in [0, 0.1) is 0 Å². The van der Waals surface area contributed by atoms with Crippen LogP contribution < -0.4 is 0 Å². The summed E-state index contributed by atoms with van der Waals surface area (Å²) >= 11 is 3.31. The molecule has 2 aliphatic heterocycles. The lowest BCUT2D eigenvalue weighted by Gasteiger charge is -2.09. The van der Waals surface area contributed by atoms with E-state index in [0.717, 1.165) is 15.4 Å². The number of hydrogen-bond donors (Lipinski definition) is 0. The SMILES string of the molecule is O=S1(=O)CS(=O)(=O)c2cc(C3Sc4ccccc4S3)ccc21. The van der Waals surface area contributed by atoms with Gasteiger partial charge in [0.15, 0.2) is 24.8 Å². The van der Waals surface area contributed by atoms with Crippen LogP contribution in [0.1, 0.15) is 10.1 Å². The van der Waals surface area contributed by atoms with E-state index < -0.39 is 24.8 Å². The first-order valence-corrected chi connectivity index (χ1v) is 11.4. The monoisotopic (exact) mass is 370 g/mol. The molecule has 0 aliphatic carbocycles. The second-order valence-electron chi connectivity index (χ2n) is 5.07. The van der Waals surface area contributed by atoms with E-state index in [4.69, 9.17) is 0 Å². The smallest absolute Gasteiger partial charge is 0.194 e. The van der Waals surface area contributed by atoms with E-state index in [1.54, 1.807) is 29.6 Å². The Balaban J connectivity index is 1.79. The molecule has 0 spiro atoms. The van der Waals surface area contributed by atoms with E-state index >= 15 is 0 Å². The summed E-state index contributed by atoms with van der Waals surface area (Å²) in [6.45, 7) is 0. The van der Waals surface area contributed by atoms with Gasteiger partial charge in [0.2, 0.25) is 0 Å². The van der Waals surface area contributed by atoms with Gasteiger partial charge in [0.05, 0.1) is 14.4 Å². The highest BCUT2D eigenvalue weighted by molar-refractivity contribution is 8.19. The van der Waals surface area contributed by atoms with Crippen molar-refractivity contribution in [3.05, 3.63) is 48.0 Å². The minimum Gasteiger partial charge on any atom is -0.223 e. The van der Waals surface area contributed by atoms with Crippen LogP contribution in [0.5, 0.6) is 0 Å². The standard InChI is InChI=1S/C14H10O4S4/c15-21(16)8-22(17,18)13-7-9(5-6-12(13)21)14-19-10-3-1-2-4-11(10)20-14/h1-7,14H,8H2. The molecule has 0 fully saturated rings. The maximum absolute atomic E-state index is 12.1. The minimum absolute atomic E-state index is 0.0428.